The molecule has 0 heterocycles. The van der Waals surface area contributed by atoms with Crippen LogP contribution in [0.1, 0.15) is 144 Å². The summed E-state index contributed by atoms with van der Waals surface area (Å²) >= 11 is 0. The minimum Gasteiger partial charge on any atom is -0.462 e. The second-order valence-corrected chi connectivity index (χ2v) is 16.2. The Kier molecular flexibility index (Phi) is 12.8. The summed E-state index contributed by atoms with van der Waals surface area (Å²) in [5.41, 5.74) is 2.36. The Bertz CT molecular complexity index is 974. The molecule has 6 heteroatoms. The fourth-order valence-corrected chi connectivity index (χ4v) is 10.4. The van der Waals surface area contributed by atoms with Crippen molar-refractivity contribution in [3.63, 3.8) is 0 Å². The van der Waals surface area contributed by atoms with Crippen LogP contribution in [0.3, 0.4) is 0 Å². The number of hydrogen-bond donors (Lipinski definition) is 3. The van der Waals surface area contributed by atoms with Crippen LogP contribution in [0.2, 0.25) is 0 Å². The molecule has 0 radical (unpaired) electrons. The molecule has 3 saturated carbocycles. The smallest absolute Gasteiger partial charge is 0.306 e. The second-order valence-electron chi connectivity index (χ2n) is 16.2. The maximum absolute atomic E-state index is 12.7. The molecule has 0 saturated heterocycles. The van der Waals surface area contributed by atoms with Crippen LogP contribution < -0.4 is 5.32 Å². The van der Waals surface area contributed by atoms with Gasteiger partial charge in [0.25, 0.3) is 0 Å². The number of fused-ring (bicyclic) bond motifs is 5. The van der Waals surface area contributed by atoms with Crippen LogP contribution >= 0.6 is 0 Å². The van der Waals surface area contributed by atoms with Crippen molar-refractivity contribution in [1.29, 1.82) is 0 Å². The lowest BCUT2D eigenvalue weighted by Crippen LogP contribution is -2.51. The van der Waals surface area contributed by atoms with Crippen molar-refractivity contribution < 1.29 is 24.5 Å². The first-order valence-corrected chi connectivity index (χ1v) is 18.4. The van der Waals surface area contributed by atoms with Gasteiger partial charge in [0.1, 0.15) is 6.10 Å². The lowest BCUT2D eigenvalue weighted by molar-refractivity contribution is -0.151. The van der Waals surface area contributed by atoms with Crippen LogP contribution in [0, 0.1) is 46.3 Å². The van der Waals surface area contributed by atoms with Crippen LogP contribution in [-0.2, 0) is 14.3 Å². The molecule has 0 aromatic heterocycles. The third kappa shape index (κ3) is 8.30. The predicted octanol–water partition coefficient (Wildman–Crippen LogP) is 7.75. The van der Waals surface area contributed by atoms with Gasteiger partial charge in [0.05, 0.1) is 19.3 Å². The quantitative estimate of drug-likeness (QED) is 0.0937. The molecule has 0 spiro atoms. The van der Waals surface area contributed by atoms with Crippen molar-refractivity contribution in [1.82, 2.24) is 5.32 Å². The van der Waals surface area contributed by atoms with Gasteiger partial charge in [-0.3, -0.25) is 9.59 Å². The molecule has 0 aliphatic heterocycles. The highest BCUT2D eigenvalue weighted by Crippen LogP contribution is 2.67. The van der Waals surface area contributed by atoms with E-state index in [-0.39, 0.29) is 36.6 Å². The largest absolute Gasteiger partial charge is 0.462 e. The van der Waals surface area contributed by atoms with Crippen LogP contribution in [-0.4, -0.2) is 47.4 Å². The van der Waals surface area contributed by atoms with Gasteiger partial charge >= 0.3 is 5.97 Å². The lowest BCUT2D eigenvalue weighted by Gasteiger charge is -2.58. The van der Waals surface area contributed by atoms with Crippen molar-refractivity contribution in [3.8, 4) is 0 Å². The minimum absolute atomic E-state index is 0.0180. The van der Waals surface area contributed by atoms with Crippen LogP contribution in [0.5, 0.6) is 0 Å². The molecule has 44 heavy (non-hydrogen) atoms. The van der Waals surface area contributed by atoms with E-state index in [0.717, 1.165) is 80.5 Å². The highest BCUT2D eigenvalue weighted by atomic mass is 16.5. The molecular formula is C38H65NO5. The average molecular weight is 616 g/mol. The van der Waals surface area contributed by atoms with Crippen molar-refractivity contribution >= 4 is 11.9 Å². The third-order valence-electron chi connectivity index (χ3n) is 12.9. The summed E-state index contributed by atoms with van der Waals surface area (Å²) in [4.78, 5) is 24.6. The van der Waals surface area contributed by atoms with E-state index in [1.807, 2.05) is 0 Å². The number of ether oxygens (including phenoxy) is 1. The summed E-state index contributed by atoms with van der Waals surface area (Å²) in [5, 5.41) is 20.8. The molecule has 0 aromatic rings. The van der Waals surface area contributed by atoms with E-state index in [1.54, 1.807) is 5.57 Å². The number of nitrogens with one attached hydrogen (secondary N) is 1. The van der Waals surface area contributed by atoms with Crippen molar-refractivity contribution in [2.45, 2.75) is 156 Å². The molecule has 6 nitrogen and oxygen atoms in total. The monoisotopic (exact) mass is 615 g/mol. The standard InChI is InChI=1S/C38H65NO5/c1-26(2)11-10-12-27(3)32-17-18-33-31-16-15-28-23-30(19-21-37(28,4)34(31)20-22-38(32,33)5)44-36(43)14-9-7-6-8-13-35(42)39-29(24-40)25-41/h15,26-27,29-34,40-41H,6-14,16-25H2,1-5H3,(H,39,42)/t27-,30+,31?,32-,33?,34?,37+,38-/m1/s1. The number of aliphatic hydroxyl groups is 2. The maximum Gasteiger partial charge on any atom is 0.306 e. The first-order valence-electron chi connectivity index (χ1n) is 18.4. The van der Waals surface area contributed by atoms with E-state index in [0.29, 0.717) is 18.3 Å². The highest BCUT2D eigenvalue weighted by Gasteiger charge is 2.59. The summed E-state index contributed by atoms with van der Waals surface area (Å²) in [6, 6.07) is -0.586. The number of carbonyl (C=O) groups excluding carboxylic acids is 2. The number of amides is 1. The number of aliphatic hydroxyl groups excluding tert-OH is 2. The van der Waals surface area contributed by atoms with Gasteiger partial charge in [0, 0.05) is 19.3 Å². The fourth-order valence-electron chi connectivity index (χ4n) is 10.4. The average Bonchev–Trinajstić information content (AvgIpc) is 3.35. The van der Waals surface area contributed by atoms with Crippen molar-refractivity contribution in [3.05, 3.63) is 11.6 Å². The number of rotatable bonds is 16. The van der Waals surface area contributed by atoms with Crippen LogP contribution in [0.25, 0.3) is 0 Å². The topological polar surface area (TPSA) is 95.9 Å². The summed E-state index contributed by atoms with van der Waals surface area (Å²) in [5.74, 6) is 4.81. The first kappa shape index (κ1) is 35.5. The summed E-state index contributed by atoms with van der Waals surface area (Å²) in [7, 11) is 0. The number of esters is 1. The first-order chi connectivity index (χ1) is 21.0. The molecule has 1 amide bonds. The van der Waals surface area contributed by atoms with Crippen molar-refractivity contribution in [2.75, 3.05) is 13.2 Å². The summed E-state index contributed by atoms with van der Waals surface area (Å²) in [6.07, 6.45) is 20.8. The van der Waals surface area contributed by atoms with Gasteiger partial charge in [0.2, 0.25) is 5.91 Å². The molecule has 3 N–H and O–H groups in total. The third-order valence-corrected chi connectivity index (χ3v) is 12.9. The zero-order chi connectivity index (χ0) is 31.9. The molecule has 3 unspecified atom stereocenters. The fraction of sp³-hybridized carbons (Fsp3) is 0.895. The molecule has 4 aliphatic carbocycles. The molecule has 252 valence electrons. The Balaban J connectivity index is 1.21. The highest BCUT2D eigenvalue weighted by molar-refractivity contribution is 5.76. The van der Waals surface area contributed by atoms with Gasteiger partial charge in [-0.25, -0.2) is 0 Å². The zero-order valence-corrected chi connectivity index (χ0v) is 28.8. The summed E-state index contributed by atoms with van der Waals surface area (Å²) < 4.78 is 6.02. The van der Waals surface area contributed by atoms with Gasteiger partial charge in [-0.05, 0) is 104 Å². The molecule has 0 aromatic carbocycles. The minimum atomic E-state index is -0.586. The molecular weight excluding hydrogens is 550 g/mol. The van der Waals surface area contributed by atoms with E-state index in [2.05, 4.69) is 46.0 Å². The normalized spacial score (nSPS) is 33.8. The van der Waals surface area contributed by atoms with Gasteiger partial charge in [-0.2, -0.15) is 0 Å². The number of unbranched alkanes of at least 4 members (excludes halogenated alkanes) is 3. The molecule has 8 atom stereocenters. The summed E-state index contributed by atoms with van der Waals surface area (Å²) in [6.45, 7) is 12.0. The maximum atomic E-state index is 12.7. The van der Waals surface area contributed by atoms with Crippen LogP contribution in [0.4, 0.5) is 0 Å². The van der Waals surface area contributed by atoms with Crippen LogP contribution in [0.15, 0.2) is 11.6 Å². The van der Waals surface area contributed by atoms with Gasteiger partial charge in [-0.15, -0.1) is 0 Å². The zero-order valence-electron chi connectivity index (χ0n) is 28.8. The SMILES string of the molecule is CC(C)CCC[C@@H](C)[C@H]1CCC2C3CC=C4C[C@@H](OC(=O)CCCCCCC(=O)NC(CO)CO)CC[C@]4(C)C3CC[C@@]21C. The van der Waals surface area contributed by atoms with Gasteiger partial charge < -0.3 is 20.3 Å². The van der Waals surface area contributed by atoms with Gasteiger partial charge in [0.15, 0.2) is 0 Å². The van der Waals surface area contributed by atoms with E-state index >= 15 is 0 Å². The Labute approximate surface area is 268 Å². The van der Waals surface area contributed by atoms with E-state index in [9.17, 15) is 9.59 Å². The Morgan fingerprint density at radius 1 is 0.909 bits per heavy atom. The number of hydrogen-bond acceptors (Lipinski definition) is 5. The van der Waals surface area contributed by atoms with E-state index in [1.165, 1.54) is 51.4 Å². The van der Waals surface area contributed by atoms with E-state index in [4.69, 9.17) is 14.9 Å². The Hall–Kier alpha value is -1.40. The van der Waals surface area contributed by atoms with Gasteiger partial charge in [-0.1, -0.05) is 78.4 Å². The second kappa shape index (κ2) is 15.9. The predicted molar refractivity (Wildman–Crippen MR) is 177 cm³/mol. The molecule has 0 bridgehead atoms. The van der Waals surface area contributed by atoms with E-state index < -0.39 is 6.04 Å². The molecule has 4 rings (SSSR count). The Morgan fingerprint density at radius 3 is 2.34 bits per heavy atom. The number of carbonyl (C=O) groups is 2. The van der Waals surface area contributed by atoms with Crippen molar-refractivity contribution in [2.24, 2.45) is 46.3 Å². The molecule has 3 fully saturated rings. The lowest BCUT2D eigenvalue weighted by atomic mass is 9.47. The molecule has 4 aliphatic rings. The Morgan fingerprint density at radius 2 is 1.64 bits per heavy atom. The number of allylic oxidation sites excluding steroid dienone is 1.